The van der Waals surface area contributed by atoms with Gasteiger partial charge in [0.1, 0.15) is 0 Å². The second-order valence-electron chi connectivity index (χ2n) is 6.05. The molecule has 4 rings (SSSR count). The maximum Gasteiger partial charge on any atom is 0.256 e. The van der Waals surface area contributed by atoms with Crippen molar-refractivity contribution in [3.8, 4) is 0 Å². The summed E-state index contributed by atoms with van der Waals surface area (Å²) in [4.78, 5) is 29.7. The quantitative estimate of drug-likeness (QED) is 0.487. The molecule has 24 heavy (non-hydrogen) atoms. The second kappa shape index (κ2) is 5.79. The number of benzene rings is 2. The van der Waals surface area contributed by atoms with Crippen molar-refractivity contribution in [3.05, 3.63) is 42.5 Å². The summed E-state index contributed by atoms with van der Waals surface area (Å²) in [6, 6.07) is 13.9. The van der Waals surface area contributed by atoms with Crippen LogP contribution in [0.3, 0.4) is 0 Å². The fourth-order valence-electron chi connectivity index (χ4n) is 2.85. The molecule has 0 bridgehead atoms. The fraction of sp³-hybridized carbons (Fsp3) is 0.222. The van der Waals surface area contributed by atoms with E-state index in [-0.39, 0.29) is 16.9 Å². The average Bonchev–Trinajstić information content (AvgIpc) is 3.39. The minimum absolute atomic E-state index is 0.123. The van der Waals surface area contributed by atoms with Gasteiger partial charge < -0.3 is 5.32 Å². The van der Waals surface area contributed by atoms with Crippen LogP contribution in [0.15, 0.2) is 42.5 Å². The van der Waals surface area contributed by atoms with E-state index in [0.29, 0.717) is 11.7 Å². The van der Waals surface area contributed by atoms with Gasteiger partial charge in [-0.15, -0.1) is 0 Å². The van der Waals surface area contributed by atoms with Crippen LogP contribution in [-0.4, -0.2) is 29.2 Å². The lowest BCUT2D eigenvalue weighted by Crippen LogP contribution is -2.74. The van der Waals surface area contributed by atoms with E-state index in [1.807, 2.05) is 42.5 Å². The number of fused-ring (bicyclic) bond motifs is 1. The van der Waals surface area contributed by atoms with Crippen LogP contribution >= 0.6 is 12.2 Å². The molecule has 2 aromatic rings. The summed E-state index contributed by atoms with van der Waals surface area (Å²) in [5, 5.41) is 4.70. The third kappa shape index (κ3) is 2.59. The predicted molar refractivity (Wildman–Crippen MR) is 95.7 cm³/mol. The summed E-state index contributed by atoms with van der Waals surface area (Å²) in [7, 11) is 0. The summed E-state index contributed by atoms with van der Waals surface area (Å²) >= 11 is 5.27. The van der Waals surface area contributed by atoms with Gasteiger partial charge in [-0.3, -0.25) is 14.5 Å². The standard InChI is InChI=1S/C18H15N3O2S/c22-16-14(10-19-12-8-9-12)17(23)21(18(24)20-16)15-7-3-5-11-4-1-2-6-13(11)15/h1-7,10,12,14H,8-9H2,(H,20,22,24)/p+1/t14-/m0/s1. The maximum absolute atomic E-state index is 12.9. The van der Waals surface area contributed by atoms with E-state index in [2.05, 4.69) is 10.3 Å². The van der Waals surface area contributed by atoms with E-state index in [0.717, 1.165) is 23.6 Å². The molecule has 2 fully saturated rings. The second-order valence-corrected chi connectivity index (χ2v) is 6.44. The molecular weight excluding hydrogens is 322 g/mol. The highest BCUT2D eigenvalue weighted by Crippen LogP contribution is 2.29. The van der Waals surface area contributed by atoms with E-state index < -0.39 is 5.92 Å². The number of carbonyl (C=O) groups is 2. The minimum Gasteiger partial charge on any atom is -0.301 e. The zero-order valence-electron chi connectivity index (χ0n) is 12.9. The number of thiocarbonyl (C=S) groups is 1. The van der Waals surface area contributed by atoms with E-state index in [9.17, 15) is 9.59 Å². The molecule has 1 saturated heterocycles. The van der Waals surface area contributed by atoms with Crippen molar-refractivity contribution in [1.82, 2.24) is 5.32 Å². The lowest BCUT2D eigenvalue weighted by molar-refractivity contribution is -0.469. The average molecular weight is 338 g/mol. The molecule has 2 N–H and O–H groups in total. The molecule has 6 heteroatoms. The van der Waals surface area contributed by atoms with Gasteiger partial charge in [-0.2, -0.15) is 0 Å². The molecule has 0 spiro atoms. The van der Waals surface area contributed by atoms with E-state index in [1.54, 1.807) is 6.21 Å². The maximum atomic E-state index is 12.9. The third-order valence-corrected chi connectivity index (χ3v) is 4.57. The summed E-state index contributed by atoms with van der Waals surface area (Å²) in [6.45, 7) is 0. The van der Waals surface area contributed by atoms with Crippen LogP contribution in [0.5, 0.6) is 0 Å². The Labute approximate surface area is 144 Å². The minimum atomic E-state index is -0.878. The van der Waals surface area contributed by atoms with Gasteiger partial charge in [-0.1, -0.05) is 36.4 Å². The molecule has 5 nitrogen and oxygen atoms in total. The highest BCUT2D eigenvalue weighted by atomic mass is 32.1. The Morgan fingerprint density at radius 2 is 1.88 bits per heavy atom. The van der Waals surface area contributed by atoms with Crippen molar-refractivity contribution in [2.45, 2.75) is 18.9 Å². The highest BCUT2D eigenvalue weighted by molar-refractivity contribution is 7.80. The van der Waals surface area contributed by atoms with Crippen LogP contribution in [0.25, 0.3) is 10.8 Å². The van der Waals surface area contributed by atoms with Gasteiger partial charge in [0.15, 0.2) is 23.3 Å². The van der Waals surface area contributed by atoms with Crippen molar-refractivity contribution >= 4 is 51.8 Å². The zero-order chi connectivity index (χ0) is 16.7. The highest BCUT2D eigenvalue weighted by Gasteiger charge is 2.41. The van der Waals surface area contributed by atoms with Crippen molar-refractivity contribution in [3.63, 3.8) is 0 Å². The number of anilines is 1. The van der Waals surface area contributed by atoms with E-state index in [1.165, 1.54) is 4.90 Å². The molecule has 0 radical (unpaired) electrons. The fourth-order valence-corrected chi connectivity index (χ4v) is 3.14. The van der Waals surface area contributed by atoms with Gasteiger partial charge in [0.05, 0.1) is 5.69 Å². The normalized spacial score (nSPS) is 21.6. The number of amides is 2. The number of nitrogens with one attached hydrogen (secondary N) is 2. The Balaban J connectivity index is 1.76. The molecule has 120 valence electrons. The number of carbonyl (C=O) groups excluding carboxylic acids is 2. The molecule has 1 aliphatic carbocycles. The van der Waals surface area contributed by atoms with Crippen LogP contribution in [0.2, 0.25) is 0 Å². The molecule has 0 aromatic heterocycles. The first kappa shape index (κ1) is 15.0. The summed E-state index contributed by atoms with van der Waals surface area (Å²) in [5.74, 6) is -1.58. The lowest BCUT2D eigenvalue weighted by Gasteiger charge is -2.30. The third-order valence-electron chi connectivity index (χ3n) is 4.29. The molecule has 1 atom stereocenters. The van der Waals surface area contributed by atoms with Crippen molar-refractivity contribution in [2.24, 2.45) is 5.92 Å². The SMILES string of the molecule is O=C1NC(=S)N(c2cccc3ccccc23)C(=O)[C@H]1C=[NH+]C1CC1. The van der Waals surface area contributed by atoms with Crippen molar-refractivity contribution in [2.75, 3.05) is 4.90 Å². The van der Waals surface area contributed by atoms with E-state index >= 15 is 0 Å². The Hall–Kier alpha value is -2.60. The van der Waals surface area contributed by atoms with Gasteiger partial charge in [0, 0.05) is 18.2 Å². The number of rotatable bonds is 3. The molecule has 1 heterocycles. The van der Waals surface area contributed by atoms with Crippen molar-refractivity contribution < 1.29 is 14.6 Å². The largest absolute Gasteiger partial charge is 0.301 e. The van der Waals surface area contributed by atoms with Gasteiger partial charge >= 0.3 is 0 Å². The molecule has 0 unspecified atom stereocenters. The summed E-state index contributed by atoms with van der Waals surface area (Å²) < 4.78 is 0. The molecule has 2 aliphatic rings. The first-order chi connectivity index (χ1) is 11.6. The topological polar surface area (TPSA) is 63.4 Å². The monoisotopic (exact) mass is 338 g/mol. The molecular formula is C18H16N3O2S+. The van der Waals surface area contributed by atoms with Crippen LogP contribution in [0, 0.1) is 5.92 Å². The number of nitrogens with zero attached hydrogens (tertiary/aromatic N) is 1. The first-order valence-electron chi connectivity index (χ1n) is 7.91. The van der Waals surface area contributed by atoms with Gasteiger partial charge in [-0.25, -0.2) is 4.99 Å². The van der Waals surface area contributed by atoms with Crippen molar-refractivity contribution in [1.29, 1.82) is 0 Å². The van der Waals surface area contributed by atoms with Crippen LogP contribution in [0.4, 0.5) is 5.69 Å². The Morgan fingerprint density at radius 3 is 2.67 bits per heavy atom. The number of hydrogen-bond acceptors (Lipinski definition) is 3. The smallest absolute Gasteiger partial charge is 0.256 e. The predicted octanol–water partition coefficient (Wildman–Crippen LogP) is 0.517. The number of hydrogen-bond donors (Lipinski definition) is 2. The Morgan fingerprint density at radius 1 is 1.12 bits per heavy atom. The van der Waals surface area contributed by atoms with Crippen LogP contribution < -0.4 is 15.2 Å². The van der Waals surface area contributed by atoms with Gasteiger partial charge in [0.2, 0.25) is 5.91 Å². The van der Waals surface area contributed by atoms with Gasteiger partial charge in [0.25, 0.3) is 5.91 Å². The molecule has 1 saturated carbocycles. The van der Waals surface area contributed by atoms with Crippen LogP contribution in [-0.2, 0) is 9.59 Å². The Bertz CT molecular complexity index is 883. The molecule has 2 amide bonds. The van der Waals surface area contributed by atoms with E-state index in [4.69, 9.17) is 12.2 Å². The molecule has 1 aliphatic heterocycles. The summed E-state index contributed by atoms with van der Waals surface area (Å²) in [6.07, 6.45) is 3.74. The van der Waals surface area contributed by atoms with Crippen LogP contribution in [0.1, 0.15) is 12.8 Å². The molecule has 2 aromatic carbocycles. The summed E-state index contributed by atoms with van der Waals surface area (Å²) in [5.41, 5.74) is 0.688. The van der Waals surface area contributed by atoms with Gasteiger partial charge in [-0.05, 0) is 23.7 Å². The lowest BCUT2D eigenvalue weighted by atomic mass is 10.0. The first-order valence-corrected chi connectivity index (χ1v) is 8.32. The zero-order valence-corrected chi connectivity index (χ0v) is 13.7. The Kier molecular flexibility index (Phi) is 3.61.